The molecule has 0 bridgehead atoms. The van der Waals surface area contributed by atoms with Crippen molar-refractivity contribution in [1.29, 1.82) is 0 Å². The number of nitrogens with zero attached hydrogens (tertiary/aromatic N) is 2. The lowest BCUT2D eigenvalue weighted by atomic mass is 9.82. The maximum absolute atomic E-state index is 12.9. The van der Waals surface area contributed by atoms with Crippen LogP contribution in [0.5, 0.6) is 0 Å². The van der Waals surface area contributed by atoms with E-state index in [-0.39, 0.29) is 5.91 Å². The number of piperidine rings is 1. The molecule has 1 amide bonds. The summed E-state index contributed by atoms with van der Waals surface area (Å²) < 4.78 is 12.8. The van der Waals surface area contributed by atoms with Crippen molar-refractivity contribution < 1.29 is 19.4 Å². The molecule has 2 N–H and O–H groups in total. The molecule has 2 spiro atoms. The number of hydrogen-bond donors (Lipinski definition) is 2. The Balaban J connectivity index is 1.19. The molecule has 4 heterocycles. The molecule has 6 rings (SSSR count). The lowest BCUT2D eigenvalue weighted by molar-refractivity contribution is -0.130. The van der Waals surface area contributed by atoms with Gasteiger partial charge in [-0.25, -0.2) is 0 Å². The number of carbonyl (C=O) groups is 1. The smallest absolute Gasteiger partial charge is 0.296 e. The number of aliphatic imine (C=N–C) groups is 1. The van der Waals surface area contributed by atoms with Crippen molar-refractivity contribution in [1.82, 2.24) is 10.2 Å². The molecule has 162 valence electrons. The summed E-state index contributed by atoms with van der Waals surface area (Å²) >= 11 is 0. The molecule has 1 unspecified atom stereocenters. The molecule has 0 aromatic heterocycles. The molecule has 7 nitrogen and oxygen atoms in total. The Morgan fingerprint density at radius 1 is 1.13 bits per heavy atom. The molecule has 1 saturated heterocycles. The Morgan fingerprint density at radius 3 is 2.48 bits per heavy atom. The van der Waals surface area contributed by atoms with E-state index in [9.17, 15) is 9.90 Å². The van der Waals surface area contributed by atoms with Gasteiger partial charge in [-0.1, -0.05) is 30.3 Å². The van der Waals surface area contributed by atoms with Gasteiger partial charge in [0.05, 0.1) is 11.3 Å². The highest BCUT2D eigenvalue weighted by molar-refractivity contribution is 6.02. The van der Waals surface area contributed by atoms with E-state index in [4.69, 9.17) is 9.47 Å². The molecule has 0 radical (unpaired) electrons. The summed E-state index contributed by atoms with van der Waals surface area (Å²) in [4.78, 5) is 19.3. The maximum atomic E-state index is 12.9. The van der Waals surface area contributed by atoms with Gasteiger partial charge < -0.3 is 24.8 Å². The van der Waals surface area contributed by atoms with E-state index in [2.05, 4.69) is 27.3 Å². The number of ether oxygens (including phenoxy) is 2. The molecule has 31 heavy (non-hydrogen) atoms. The zero-order chi connectivity index (χ0) is 21.4. The second-order valence-corrected chi connectivity index (χ2v) is 9.75. The average Bonchev–Trinajstić information content (AvgIpc) is 3.33. The first-order chi connectivity index (χ1) is 14.8. The number of benzene rings is 1. The highest BCUT2D eigenvalue weighted by Crippen LogP contribution is 2.49. The van der Waals surface area contributed by atoms with E-state index in [1.165, 1.54) is 11.1 Å². The van der Waals surface area contributed by atoms with Gasteiger partial charge in [0.15, 0.2) is 0 Å². The van der Waals surface area contributed by atoms with Crippen LogP contribution in [-0.2, 0) is 27.1 Å². The zero-order valence-electron chi connectivity index (χ0n) is 17.9. The standard InChI is InChI=1S/C24H27N3O4/c1-22(2)19-17(7-8-18(28)25-19)23(31-22)9-11-27(12-10-23)21-26-20(29)24(30-21)13-15-5-3-4-6-16(15)14-24/h3-8,18,25,28H,9-14H2,1-2H3. The van der Waals surface area contributed by atoms with Gasteiger partial charge in [-0.2, -0.15) is 4.99 Å². The predicted molar refractivity (Wildman–Crippen MR) is 114 cm³/mol. The minimum absolute atomic E-state index is 0.171. The number of hydrogen-bond acceptors (Lipinski definition) is 6. The maximum Gasteiger partial charge on any atom is 0.296 e. The van der Waals surface area contributed by atoms with Crippen molar-refractivity contribution in [3.63, 3.8) is 0 Å². The van der Waals surface area contributed by atoms with Gasteiger partial charge in [0, 0.05) is 31.5 Å². The monoisotopic (exact) mass is 421 g/mol. The second kappa shape index (κ2) is 6.20. The van der Waals surface area contributed by atoms with Crippen molar-refractivity contribution in [2.75, 3.05) is 13.1 Å². The molecular weight excluding hydrogens is 394 g/mol. The SMILES string of the molecule is CC1(C)OC2(CCN(C3=NC(=O)C4(Cc5ccccc5C4)O3)CC2)C2=C1NC(O)C=C2. The molecule has 0 saturated carbocycles. The lowest BCUT2D eigenvalue weighted by Gasteiger charge is -2.41. The summed E-state index contributed by atoms with van der Waals surface area (Å²) in [5.41, 5.74) is 2.67. The third kappa shape index (κ3) is 2.72. The van der Waals surface area contributed by atoms with E-state index in [0.29, 0.717) is 32.0 Å². The van der Waals surface area contributed by atoms with Crippen molar-refractivity contribution in [3.8, 4) is 0 Å². The molecule has 1 aliphatic carbocycles. The van der Waals surface area contributed by atoms with Crippen LogP contribution >= 0.6 is 0 Å². The third-order valence-corrected chi connectivity index (χ3v) is 7.34. The van der Waals surface area contributed by atoms with Crippen LogP contribution < -0.4 is 5.32 Å². The zero-order valence-corrected chi connectivity index (χ0v) is 17.9. The van der Waals surface area contributed by atoms with Crippen LogP contribution in [0.4, 0.5) is 0 Å². The van der Waals surface area contributed by atoms with E-state index in [1.54, 1.807) is 6.08 Å². The van der Waals surface area contributed by atoms with Gasteiger partial charge in [0.1, 0.15) is 11.8 Å². The molecule has 7 heteroatoms. The van der Waals surface area contributed by atoms with Gasteiger partial charge >= 0.3 is 0 Å². The van der Waals surface area contributed by atoms with Gasteiger partial charge in [-0.3, -0.25) is 4.79 Å². The number of fused-ring (bicyclic) bond motifs is 2. The fraction of sp³-hybridized carbons (Fsp3) is 0.500. The van der Waals surface area contributed by atoms with E-state index in [0.717, 1.165) is 24.1 Å². The Bertz CT molecular complexity index is 1040. The summed E-state index contributed by atoms with van der Waals surface area (Å²) in [6.45, 7) is 5.45. The Labute approximate surface area is 181 Å². The second-order valence-electron chi connectivity index (χ2n) is 9.75. The number of dihydropyridines is 1. The number of rotatable bonds is 0. The molecular formula is C24H27N3O4. The van der Waals surface area contributed by atoms with Crippen molar-refractivity contribution in [2.24, 2.45) is 4.99 Å². The van der Waals surface area contributed by atoms with Crippen LogP contribution in [0.25, 0.3) is 0 Å². The van der Waals surface area contributed by atoms with Gasteiger partial charge in [-0.05, 0) is 43.9 Å². The summed E-state index contributed by atoms with van der Waals surface area (Å²) in [5, 5.41) is 13.2. The molecule has 1 fully saturated rings. The predicted octanol–water partition coefficient (Wildman–Crippen LogP) is 1.81. The molecule has 1 aromatic carbocycles. The summed E-state index contributed by atoms with van der Waals surface area (Å²) in [6.07, 6.45) is 5.78. The quantitative estimate of drug-likeness (QED) is 0.665. The lowest BCUT2D eigenvalue weighted by Crippen LogP contribution is -2.50. The van der Waals surface area contributed by atoms with Crippen LogP contribution in [0.15, 0.2) is 52.7 Å². The summed E-state index contributed by atoms with van der Waals surface area (Å²) in [6, 6.07) is 8.59. The van der Waals surface area contributed by atoms with Crippen LogP contribution in [0.1, 0.15) is 37.8 Å². The van der Waals surface area contributed by atoms with E-state index in [1.807, 2.05) is 32.1 Å². The Hall–Kier alpha value is -2.64. The largest absolute Gasteiger partial charge is 0.447 e. The first kappa shape index (κ1) is 19.1. The van der Waals surface area contributed by atoms with Crippen LogP contribution in [0.2, 0.25) is 0 Å². The number of aliphatic hydroxyl groups excluding tert-OH is 1. The number of likely N-dealkylation sites (tertiary alicyclic amines) is 1. The number of amidine groups is 1. The van der Waals surface area contributed by atoms with Gasteiger partial charge in [0.2, 0.25) is 5.60 Å². The summed E-state index contributed by atoms with van der Waals surface area (Å²) in [7, 11) is 0. The molecule has 1 atom stereocenters. The van der Waals surface area contributed by atoms with Gasteiger partial charge in [-0.15, -0.1) is 0 Å². The molecule has 1 aromatic rings. The van der Waals surface area contributed by atoms with Crippen LogP contribution in [0.3, 0.4) is 0 Å². The summed E-state index contributed by atoms with van der Waals surface area (Å²) in [5.74, 6) is -0.171. The highest BCUT2D eigenvalue weighted by Gasteiger charge is 2.55. The average molecular weight is 421 g/mol. The van der Waals surface area contributed by atoms with E-state index < -0.39 is 23.0 Å². The van der Waals surface area contributed by atoms with Gasteiger partial charge in [0.25, 0.3) is 11.9 Å². The van der Waals surface area contributed by atoms with Crippen molar-refractivity contribution in [3.05, 3.63) is 58.8 Å². The fourth-order valence-corrected chi connectivity index (χ4v) is 5.82. The van der Waals surface area contributed by atoms with Crippen LogP contribution in [0, 0.1) is 0 Å². The normalized spacial score (nSPS) is 29.1. The molecule has 5 aliphatic rings. The fourth-order valence-electron chi connectivity index (χ4n) is 5.82. The number of aliphatic hydroxyl groups is 1. The minimum Gasteiger partial charge on any atom is -0.447 e. The van der Waals surface area contributed by atoms with Crippen molar-refractivity contribution in [2.45, 2.75) is 62.6 Å². The third-order valence-electron chi connectivity index (χ3n) is 7.34. The van der Waals surface area contributed by atoms with Crippen LogP contribution in [-0.4, -0.2) is 58.1 Å². The number of amides is 1. The van der Waals surface area contributed by atoms with Crippen molar-refractivity contribution >= 4 is 11.9 Å². The minimum atomic E-state index is -0.873. The topological polar surface area (TPSA) is 83.4 Å². The first-order valence-electron chi connectivity index (χ1n) is 11.0. The van der Waals surface area contributed by atoms with E-state index >= 15 is 0 Å². The highest BCUT2D eigenvalue weighted by atomic mass is 16.5. The Morgan fingerprint density at radius 2 is 1.81 bits per heavy atom. The number of nitrogens with one attached hydrogen (secondary N) is 1. The Kier molecular flexibility index (Phi) is 3.82. The molecule has 4 aliphatic heterocycles. The number of carbonyl (C=O) groups excluding carboxylic acids is 1. The first-order valence-corrected chi connectivity index (χ1v) is 11.0.